The van der Waals surface area contributed by atoms with Gasteiger partial charge in [0.25, 0.3) is 0 Å². The minimum Gasteiger partial charge on any atom is -0.358 e. The van der Waals surface area contributed by atoms with Crippen molar-refractivity contribution in [2.45, 2.75) is 39.0 Å². The number of pyridine rings is 1. The van der Waals surface area contributed by atoms with E-state index >= 15 is 0 Å². The monoisotopic (exact) mass is 450 g/mol. The van der Waals surface area contributed by atoms with Gasteiger partial charge in [-0.2, -0.15) is 0 Å². The highest BCUT2D eigenvalue weighted by Gasteiger charge is 2.22. The summed E-state index contributed by atoms with van der Waals surface area (Å²) in [6.45, 7) is 3.90. The molecule has 4 nitrogen and oxygen atoms in total. The summed E-state index contributed by atoms with van der Waals surface area (Å²) in [5.41, 5.74) is 4.90. The normalized spacial score (nSPS) is 14.2. The van der Waals surface area contributed by atoms with E-state index in [0.717, 1.165) is 42.9 Å². The largest absolute Gasteiger partial charge is 0.358 e. The Bertz CT molecular complexity index is 1360. The fourth-order valence-corrected chi connectivity index (χ4v) is 4.91. The Kier molecular flexibility index (Phi) is 6.31. The van der Waals surface area contributed by atoms with Crippen molar-refractivity contribution in [1.29, 1.82) is 0 Å². The number of fused-ring (bicyclic) bond motifs is 1. The topological polar surface area (TPSA) is 53.2 Å². The number of para-hydroxylation sites is 1. The van der Waals surface area contributed by atoms with Gasteiger partial charge in [-0.1, -0.05) is 79.1 Å². The van der Waals surface area contributed by atoms with E-state index in [-0.39, 0.29) is 11.2 Å². The summed E-state index contributed by atoms with van der Waals surface area (Å²) in [7, 11) is 0. The molecule has 0 radical (unpaired) electrons. The van der Waals surface area contributed by atoms with Crippen molar-refractivity contribution in [3.63, 3.8) is 0 Å². The zero-order valence-corrected chi connectivity index (χ0v) is 19.6. The molecule has 3 aromatic carbocycles. The number of anilines is 1. The molecule has 34 heavy (non-hydrogen) atoms. The van der Waals surface area contributed by atoms with Gasteiger partial charge in [-0.15, -0.1) is 0 Å². The first kappa shape index (κ1) is 22.1. The number of benzene rings is 3. The molecule has 0 atom stereocenters. The molecule has 2 heterocycles. The van der Waals surface area contributed by atoms with Gasteiger partial charge < -0.3 is 9.88 Å². The smallest absolute Gasteiger partial charge is 0.195 e. The summed E-state index contributed by atoms with van der Waals surface area (Å²) in [4.78, 5) is 33.2. The number of hydrogen-bond donors (Lipinski definition) is 1. The van der Waals surface area contributed by atoms with Crippen LogP contribution in [-0.2, 0) is 6.42 Å². The van der Waals surface area contributed by atoms with E-state index in [4.69, 9.17) is 0 Å². The highest BCUT2D eigenvalue weighted by atomic mass is 16.1. The molecular formula is C30H30N2O2. The third-order valence-electron chi connectivity index (χ3n) is 6.82. The van der Waals surface area contributed by atoms with Crippen LogP contribution in [-0.4, -0.2) is 23.9 Å². The van der Waals surface area contributed by atoms with Crippen LogP contribution in [0, 0.1) is 6.92 Å². The van der Waals surface area contributed by atoms with Gasteiger partial charge in [-0.25, -0.2) is 0 Å². The number of aromatic nitrogens is 1. The molecule has 0 saturated carbocycles. The van der Waals surface area contributed by atoms with Crippen LogP contribution < -0.4 is 10.3 Å². The minimum absolute atomic E-state index is 0.0104. The number of nitrogens with zero attached hydrogens (tertiary/aromatic N) is 1. The Morgan fingerprint density at radius 3 is 2.26 bits per heavy atom. The number of rotatable bonds is 5. The van der Waals surface area contributed by atoms with E-state index in [0.29, 0.717) is 28.5 Å². The molecule has 5 rings (SSSR count). The molecule has 4 aromatic rings. The van der Waals surface area contributed by atoms with Crippen molar-refractivity contribution in [1.82, 2.24) is 4.98 Å². The predicted octanol–water partition coefficient (Wildman–Crippen LogP) is 6.04. The predicted molar refractivity (Wildman–Crippen MR) is 139 cm³/mol. The number of nitrogens with one attached hydrogen (secondary N) is 1. The third-order valence-corrected chi connectivity index (χ3v) is 6.82. The zero-order chi connectivity index (χ0) is 23.5. The van der Waals surface area contributed by atoms with E-state index in [1.54, 1.807) is 0 Å². The van der Waals surface area contributed by atoms with Gasteiger partial charge in [0.2, 0.25) is 0 Å². The lowest BCUT2D eigenvalue weighted by molar-refractivity contribution is 0.104. The van der Waals surface area contributed by atoms with Crippen LogP contribution >= 0.6 is 0 Å². The lowest BCUT2D eigenvalue weighted by Crippen LogP contribution is -2.29. The molecule has 1 saturated heterocycles. The second kappa shape index (κ2) is 9.68. The lowest BCUT2D eigenvalue weighted by atomic mass is 9.97. The first-order chi connectivity index (χ1) is 16.6. The number of carbonyl (C=O) groups is 1. The molecule has 1 aliphatic heterocycles. The van der Waals surface area contributed by atoms with Crippen molar-refractivity contribution in [2.24, 2.45) is 0 Å². The number of hydrogen-bond acceptors (Lipinski definition) is 3. The van der Waals surface area contributed by atoms with Gasteiger partial charge in [0, 0.05) is 41.6 Å². The summed E-state index contributed by atoms with van der Waals surface area (Å²) < 4.78 is 0. The number of carbonyl (C=O) groups excluding carboxylic acids is 1. The van der Waals surface area contributed by atoms with Crippen LogP contribution in [0.25, 0.3) is 10.9 Å². The molecule has 0 unspecified atom stereocenters. The Balaban J connectivity index is 1.69. The molecule has 1 aliphatic rings. The lowest BCUT2D eigenvalue weighted by Gasteiger charge is -2.26. The number of H-pyrrole nitrogens is 1. The maximum Gasteiger partial charge on any atom is 0.195 e. The van der Waals surface area contributed by atoms with E-state index in [2.05, 4.69) is 41.1 Å². The quantitative estimate of drug-likeness (QED) is 0.377. The Morgan fingerprint density at radius 1 is 0.853 bits per heavy atom. The molecule has 172 valence electrons. The summed E-state index contributed by atoms with van der Waals surface area (Å²) in [6.07, 6.45) is 5.19. The summed E-state index contributed by atoms with van der Waals surface area (Å²) >= 11 is 0. The van der Waals surface area contributed by atoms with Crippen molar-refractivity contribution in [3.8, 4) is 0 Å². The van der Waals surface area contributed by atoms with Gasteiger partial charge in [0.05, 0.1) is 5.52 Å². The van der Waals surface area contributed by atoms with Crippen molar-refractivity contribution < 1.29 is 4.79 Å². The van der Waals surface area contributed by atoms with Crippen LogP contribution in [0.3, 0.4) is 0 Å². The fraction of sp³-hybridized carbons (Fsp3) is 0.267. The Morgan fingerprint density at radius 2 is 1.56 bits per heavy atom. The average molecular weight is 451 g/mol. The molecule has 1 fully saturated rings. The number of aromatic amines is 1. The molecular weight excluding hydrogens is 420 g/mol. The summed E-state index contributed by atoms with van der Waals surface area (Å²) in [5.74, 6) is 0.795. The van der Waals surface area contributed by atoms with E-state index in [9.17, 15) is 9.59 Å². The first-order valence-electron chi connectivity index (χ1n) is 12.2. The highest BCUT2D eigenvalue weighted by Crippen LogP contribution is 2.27. The van der Waals surface area contributed by atoms with Crippen LogP contribution in [0.1, 0.15) is 58.3 Å². The Hall–Kier alpha value is -3.66. The van der Waals surface area contributed by atoms with Crippen molar-refractivity contribution >= 4 is 22.5 Å². The second-order valence-electron chi connectivity index (χ2n) is 9.27. The summed E-state index contributed by atoms with van der Waals surface area (Å²) in [5, 5.41) is 0.572. The molecule has 1 N–H and O–H groups in total. The third kappa shape index (κ3) is 4.41. The maximum atomic E-state index is 13.9. The number of aryl methyl sites for hydroxylation is 1. The summed E-state index contributed by atoms with van der Waals surface area (Å²) in [6, 6.07) is 23.1. The first-order valence-corrected chi connectivity index (χ1v) is 12.2. The van der Waals surface area contributed by atoms with Crippen LogP contribution in [0.5, 0.6) is 0 Å². The minimum atomic E-state index is -0.0741. The molecule has 1 aromatic heterocycles. The highest BCUT2D eigenvalue weighted by molar-refractivity contribution is 6.15. The molecule has 0 spiro atoms. The van der Waals surface area contributed by atoms with Crippen LogP contribution in [0.15, 0.2) is 77.6 Å². The van der Waals surface area contributed by atoms with E-state index < -0.39 is 0 Å². The average Bonchev–Trinajstić information content (AvgIpc) is 3.16. The number of ketones is 1. The maximum absolute atomic E-state index is 13.9. The standard InChI is InChI=1S/C30H30N2O2/c1-21-14-16-22(17-15-21)20-26-29(34)25-13-9-12-24(28(33)23-10-5-4-6-11-23)27(25)31-30(26)32-18-7-2-3-8-19-32/h4-6,9-17H,2-3,7-8,18-20H2,1H3,(H,31,34). The second-order valence-corrected chi connectivity index (χ2v) is 9.27. The molecule has 4 heteroatoms. The van der Waals surface area contributed by atoms with Gasteiger partial charge in [-0.3, -0.25) is 9.59 Å². The molecule has 0 aliphatic carbocycles. The Labute approximate surface area is 200 Å². The molecule has 0 amide bonds. The van der Waals surface area contributed by atoms with Gasteiger partial charge in [0.1, 0.15) is 5.82 Å². The van der Waals surface area contributed by atoms with Crippen molar-refractivity contribution in [3.05, 3.63) is 111 Å². The van der Waals surface area contributed by atoms with Gasteiger partial charge >= 0.3 is 0 Å². The van der Waals surface area contributed by atoms with Gasteiger partial charge in [0.15, 0.2) is 11.2 Å². The van der Waals surface area contributed by atoms with E-state index in [1.807, 2.05) is 48.5 Å². The zero-order valence-electron chi connectivity index (χ0n) is 19.6. The van der Waals surface area contributed by atoms with Gasteiger partial charge in [-0.05, 0) is 37.5 Å². The molecule has 0 bridgehead atoms. The fourth-order valence-electron chi connectivity index (χ4n) is 4.91. The van der Waals surface area contributed by atoms with Crippen LogP contribution in [0.4, 0.5) is 5.82 Å². The van der Waals surface area contributed by atoms with Crippen LogP contribution in [0.2, 0.25) is 0 Å². The van der Waals surface area contributed by atoms with Crippen molar-refractivity contribution in [2.75, 3.05) is 18.0 Å². The SMILES string of the molecule is Cc1ccc(Cc2c(N3CCCCCC3)[nH]c3c(C(=O)c4ccccc4)cccc3c2=O)cc1. The van der Waals surface area contributed by atoms with E-state index in [1.165, 1.54) is 18.4 Å².